The van der Waals surface area contributed by atoms with E-state index in [4.69, 9.17) is 20.6 Å². The number of carbonyl (C=O) groups is 2. The van der Waals surface area contributed by atoms with Crippen molar-refractivity contribution in [1.29, 1.82) is 0 Å². The lowest BCUT2D eigenvalue weighted by atomic mass is 10.3. The van der Waals surface area contributed by atoms with Crippen molar-refractivity contribution in [3.05, 3.63) is 73.2 Å². The lowest BCUT2D eigenvalue weighted by Crippen LogP contribution is -2.21. The average molecular weight is 489 g/mol. The molecule has 0 atom stereocenters. The zero-order chi connectivity index (χ0) is 25.2. The molecule has 0 fully saturated rings. The Hall–Kier alpha value is -3.46. The summed E-state index contributed by atoms with van der Waals surface area (Å²) in [5.74, 6) is -1.03. The molecular weight excluding hydrogens is 464 g/mol. The highest BCUT2D eigenvalue weighted by atomic mass is 32.2. The first kappa shape index (κ1) is 30.7. The van der Waals surface area contributed by atoms with Crippen LogP contribution in [0.5, 0.6) is 0 Å². The number of aliphatic imine (C=N–C) groups is 2. The molecule has 2 aliphatic rings. The number of carbonyl (C=O) groups excluding carboxylic acids is 2. The molecule has 0 saturated heterocycles. The lowest BCUT2D eigenvalue weighted by molar-refractivity contribution is -0.112. The van der Waals surface area contributed by atoms with Crippen LogP contribution in [0.3, 0.4) is 0 Å². The van der Waals surface area contributed by atoms with Gasteiger partial charge in [-0.2, -0.15) is 16.8 Å². The van der Waals surface area contributed by atoms with E-state index in [1.54, 1.807) is 48.6 Å². The van der Waals surface area contributed by atoms with Crippen molar-refractivity contribution in [2.75, 3.05) is 12.5 Å². The van der Waals surface area contributed by atoms with Crippen LogP contribution in [0.2, 0.25) is 0 Å². The predicted molar refractivity (Wildman–Crippen MR) is 123 cm³/mol. The van der Waals surface area contributed by atoms with Crippen LogP contribution in [0, 0.1) is 0 Å². The normalized spacial score (nSPS) is 18.2. The topological polar surface area (TPSA) is 220 Å². The number of primary amides is 2. The molecule has 2 rings (SSSR count). The highest BCUT2D eigenvalue weighted by Crippen LogP contribution is 1.91. The molecule has 0 unspecified atom stereocenters. The molecule has 0 aromatic carbocycles. The minimum Gasteiger partial charge on any atom is -0.364 e. The molecule has 0 aromatic heterocycles. The second kappa shape index (κ2) is 16.3. The van der Waals surface area contributed by atoms with Crippen LogP contribution in [0.25, 0.3) is 0 Å². The van der Waals surface area contributed by atoms with Gasteiger partial charge in [0, 0.05) is 12.4 Å². The van der Waals surface area contributed by atoms with Crippen molar-refractivity contribution < 1.29 is 35.5 Å². The van der Waals surface area contributed by atoms with Gasteiger partial charge >= 0.3 is 0 Å². The van der Waals surface area contributed by atoms with E-state index in [9.17, 15) is 26.4 Å². The number of amides is 2. The third-order valence-corrected chi connectivity index (χ3v) is 2.28. The number of rotatable bonds is 2. The molecule has 2 aliphatic heterocycles. The van der Waals surface area contributed by atoms with Crippen molar-refractivity contribution in [2.45, 2.75) is 0 Å². The fraction of sp³-hybridized carbons (Fsp3) is 0.111. The quantitative estimate of drug-likeness (QED) is 0.390. The molecule has 0 aliphatic carbocycles. The zero-order valence-electron chi connectivity index (χ0n) is 17.1. The van der Waals surface area contributed by atoms with Crippen molar-refractivity contribution in [3.63, 3.8) is 0 Å². The fourth-order valence-corrected chi connectivity index (χ4v) is 1.27. The fourth-order valence-electron chi connectivity index (χ4n) is 1.27. The largest absolute Gasteiger partial charge is 0.364 e. The monoisotopic (exact) mass is 488 g/mol. The first-order valence-corrected chi connectivity index (χ1v) is 11.9. The Morgan fingerprint density at radius 3 is 1.16 bits per heavy atom. The number of nitrogens with two attached hydrogens (primary N) is 2. The summed E-state index contributed by atoms with van der Waals surface area (Å²) in [7, 11) is -7.33. The van der Waals surface area contributed by atoms with Gasteiger partial charge in [0.15, 0.2) is 0 Å². The van der Waals surface area contributed by atoms with Gasteiger partial charge in [0.05, 0.1) is 12.5 Å². The summed E-state index contributed by atoms with van der Waals surface area (Å²) in [6.45, 7) is 0. The van der Waals surface area contributed by atoms with Gasteiger partial charge in [-0.25, -0.2) is 0 Å². The van der Waals surface area contributed by atoms with Crippen LogP contribution < -0.4 is 11.5 Å². The smallest absolute Gasteiger partial charge is 0.267 e. The molecular formula is C18H24N4O8S2. The van der Waals surface area contributed by atoms with Gasteiger partial charge in [-0.05, 0) is 24.3 Å². The zero-order valence-corrected chi connectivity index (χ0v) is 18.8. The van der Waals surface area contributed by atoms with Gasteiger partial charge in [0.1, 0.15) is 11.4 Å². The standard InChI is InChI=1S/2C8H8N2O.2CH4O3S/c2*9-8(11)7-5-3-1-2-4-6-10-7;2*1-5(2,3)4/h2*1-6H,(H2,9,11);2*1H3,(H,2,3,4)/b2*2-1-,3-1?,4-2?,5-3?,6-4-,7-5?,10-6?,10-7?;;. The van der Waals surface area contributed by atoms with E-state index in [1.807, 2.05) is 12.2 Å². The molecule has 0 aromatic rings. The van der Waals surface area contributed by atoms with Crippen LogP contribution in [0.15, 0.2) is 83.1 Å². The molecule has 32 heavy (non-hydrogen) atoms. The minimum atomic E-state index is -3.67. The van der Waals surface area contributed by atoms with E-state index in [1.165, 1.54) is 12.4 Å². The third kappa shape index (κ3) is 28.7. The maximum atomic E-state index is 10.6. The highest BCUT2D eigenvalue weighted by molar-refractivity contribution is 7.85. The Labute approximate surface area is 186 Å². The Kier molecular flexibility index (Phi) is 15.6. The summed E-state index contributed by atoms with van der Waals surface area (Å²) >= 11 is 0. The SMILES string of the molecule is CS(=O)(=O)O.CS(=O)(=O)O.NC(=O)C1=N/C=C\C=C/C=C1.NC(=O)C1=N/C=C\C=C/C=C1. The van der Waals surface area contributed by atoms with Gasteiger partial charge in [-0.15, -0.1) is 0 Å². The highest BCUT2D eigenvalue weighted by Gasteiger charge is 2.00. The summed E-state index contributed by atoms with van der Waals surface area (Å²) in [6, 6.07) is 0. The summed E-state index contributed by atoms with van der Waals surface area (Å²) in [5, 5.41) is 0. The van der Waals surface area contributed by atoms with Crippen molar-refractivity contribution in [3.8, 4) is 0 Å². The Morgan fingerprint density at radius 1 is 0.656 bits per heavy atom. The molecule has 2 heterocycles. The van der Waals surface area contributed by atoms with Crippen LogP contribution in [-0.2, 0) is 29.8 Å². The summed E-state index contributed by atoms with van der Waals surface area (Å²) in [6.07, 6.45) is 21.8. The van der Waals surface area contributed by atoms with E-state index in [2.05, 4.69) is 9.98 Å². The second-order valence-electron chi connectivity index (χ2n) is 5.39. The number of allylic oxidation sites excluding steroid dienone is 8. The van der Waals surface area contributed by atoms with E-state index < -0.39 is 32.1 Å². The third-order valence-electron chi connectivity index (χ3n) is 2.28. The van der Waals surface area contributed by atoms with Crippen LogP contribution in [-0.4, -0.2) is 61.7 Å². The van der Waals surface area contributed by atoms with Crippen LogP contribution >= 0.6 is 0 Å². The first-order chi connectivity index (χ1) is 14.6. The molecule has 0 saturated carbocycles. The van der Waals surface area contributed by atoms with Crippen molar-refractivity contribution >= 4 is 43.5 Å². The predicted octanol–water partition coefficient (Wildman–Crippen LogP) is 0.113. The number of hydrogen-bond acceptors (Lipinski definition) is 8. The minimum absolute atomic E-state index is 0.269. The summed E-state index contributed by atoms with van der Waals surface area (Å²) in [4.78, 5) is 28.8. The van der Waals surface area contributed by atoms with Gasteiger partial charge in [0.25, 0.3) is 32.1 Å². The Balaban J connectivity index is 0. The van der Waals surface area contributed by atoms with Crippen molar-refractivity contribution in [1.82, 2.24) is 0 Å². The van der Waals surface area contributed by atoms with E-state index in [0.29, 0.717) is 12.5 Å². The average Bonchev–Trinajstić information content (AvgIpc) is 2.50. The van der Waals surface area contributed by atoms with E-state index >= 15 is 0 Å². The van der Waals surface area contributed by atoms with Gasteiger partial charge < -0.3 is 11.5 Å². The van der Waals surface area contributed by atoms with Gasteiger partial charge in [0.2, 0.25) is 0 Å². The molecule has 0 bridgehead atoms. The molecule has 0 radical (unpaired) electrons. The first-order valence-electron chi connectivity index (χ1n) is 8.21. The Bertz CT molecular complexity index is 988. The maximum Gasteiger partial charge on any atom is 0.267 e. The Morgan fingerprint density at radius 2 is 0.906 bits per heavy atom. The second-order valence-corrected chi connectivity index (χ2v) is 8.33. The number of nitrogens with zero attached hydrogens (tertiary/aromatic N) is 2. The number of hydrogen-bond donors (Lipinski definition) is 4. The lowest BCUT2D eigenvalue weighted by Gasteiger charge is -1.92. The van der Waals surface area contributed by atoms with Crippen LogP contribution in [0.4, 0.5) is 0 Å². The molecule has 12 nitrogen and oxygen atoms in total. The molecule has 176 valence electrons. The molecule has 6 N–H and O–H groups in total. The summed E-state index contributed by atoms with van der Waals surface area (Å²) < 4.78 is 51.7. The molecule has 2 amide bonds. The van der Waals surface area contributed by atoms with E-state index in [0.717, 1.165) is 0 Å². The van der Waals surface area contributed by atoms with Crippen LogP contribution in [0.1, 0.15) is 0 Å². The molecule has 14 heteroatoms. The molecule has 0 spiro atoms. The van der Waals surface area contributed by atoms with E-state index in [-0.39, 0.29) is 11.4 Å². The maximum absolute atomic E-state index is 10.6. The van der Waals surface area contributed by atoms with Gasteiger partial charge in [-0.3, -0.25) is 28.7 Å². The summed E-state index contributed by atoms with van der Waals surface area (Å²) in [5.41, 5.74) is 10.6. The van der Waals surface area contributed by atoms with Crippen molar-refractivity contribution in [2.24, 2.45) is 21.5 Å². The van der Waals surface area contributed by atoms with Gasteiger partial charge in [-0.1, -0.05) is 36.5 Å².